The fourth-order valence-corrected chi connectivity index (χ4v) is 2.01. The van der Waals surface area contributed by atoms with Gasteiger partial charge in [-0.3, -0.25) is 0 Å². The molecule has 0 aliphatic heterocycles. The normalized spacial score (nSPS) is 11.5. The molecule has 1 N–H and O–H groups in total. The highest BCUT2D eigenvalue weighted by Gasteiger charge is 2.21. The Morgan fingerprint density at radius 3 is 2.52 bits per heavy atom. The van der Waals surface area contributed by atoms with Crippen LogP contribution in [0.5, 0.6) is 0 Å². The zero-order valence-corrected chi connectivity index (χ0v) is 11.7. The molecular weight excluding hydrogens is 269 g/mol. The summed E-state index contributed by atoms with van der Waals surface area (Å²) in [6, 6.07) is 14.9. The molecule has 0 spiro atoms. The maximum absolute atomic E-state index is 13.3. The van der Waals surface area contributed by atoms with Crippen molar-refractivity contribution in [1.82, 2.24) is 0 Å². The second-order valence-corrected chi connectivity index (χ2v) is 4.52. The minimum absolute atomic E-state index is 0.257. The molecule has 0 saturated carbocycles. The predicted octanol–water partition coefficient (Wildman–Crippen LogP) is 3.71. The molecule has 0 fully saturated rings. The first-order chi connectivity index (χ1) is 10.1. The summed E-state index contributed by atoms with van der Waals surface area (Å²) in [5.41, 5.74) is 1.67. The van der Waals surface area contributed by atoms with Crippen LogP contribution in [0.25, 0.3) is 0 Å². The highest BCUT2D eigenvalue weighted by molar-refractivity contribution is 5.90. The first-order valence-corrected chi connectivity index (χ1v) is 6.46. The molecule has 3 nitrogen and oxygen atoms in total. The van der Waals surface area contributed by atoms with Crippen LogP contribution in [0.3, 0.4) is 0 Å². The summed E-state index contributed by atoms with van der Waals surface area (Å²) in [5, 5.41) is 3.11. The van der Waals surface area contributed by atoms with Crippen LogP contribution in [0.4, 0.5) is 10.1 Å². The number of halogens is 1. The summed E-state index contributed by atoms with van der Waals surface area (Å²) in [6.45, 7) is 3.79. The van der Waals surface area contributed by atoms with E-state index in [-0.39, 0.29) is 11.4 Å². The summed E-state index contributed by atoms with van der Waals surface area (Å²) in [4.78, 5) is 11.7. The molecule has 0 aliphatic carbocycles. The smallest absolute Gasteiger partial charge is 0.335 e. The van der Waals surface area contributed by atoms with Crippen molar-refractivity contribution in [3.8, 4) is 0 Å². The average molecular weight is 285 g/mol. The molecule has 0 bridgehead atoms. The number of hydrogen-bond donors (Lipinski definition) is 1. The number of anilines is 1. The molecule has 0 aliphatic rings. The molecule has 0 radical (unpaired) electrons. The van der Waals surface area contributed by atoms with Gasteiger partial charge < -0.3 is 10.1 Å². The van der Waals surface area contributed by atoms with E-state index >= 15 is 0 Å². The Morgan fingerprint density at radius 1 is 1.19 bits per heavy atom. The van der Waals surface area contributed by atoms with Crippen molar-refractivity contribution in [1.29, 1.82) is 0 Å². The van der Waals surface area contributed by atoms with E-state index in [1.165, 1.54) is 19.2 Å². The summed E-state index contributed by atoms with van der Waals surface area (Å²) in [5.74, 6) is -0.858. The number of nitrogens with one attached hydrogen (secondary N) is 1. The first-order valence-electron chi connectivity index (χ1n) is 6.46. The molecule has 0 saturated heterocycles. The van der Waals surface area contributed by atoms with Crippen molar-refractivity contribution in [2.45, 2.75) is 6.04 Å². The fraction of sp³-hybridized carbons (Fsp3) is 0.118. The Hall–Kier alpha value is -2.62. The van der Waals surface area contributed by atoms with Crippen molar-refractivity contribution < 1.29 is 13.9 Å². The fourth-order valence-electron chi connectivity index (χ4n) is 2.01. The van der Waals surface area contributed by atoms with Crippen LogP contribution in [0, 0.1) is 5.82 Å². The maximum atomic E-state index is 13.3. The molecular formula is C17H16FNO2. The first kappa shape index (κ1) is 14.8. The number of hydrogen-bond acceptors (Lipinski definition) is 3. The van der Waals surface area contributed by atoms with Crippen LogP contribution in [0.15, 0.2) is 66.7 Å². The van der Waals surface area contributed by atoms with E-state index < -0.39 is 12.0 Å². The molecule has 2 aromatic rings. The third-order valence-electron chi connectivity index (χ3n) is 3.06. The number of carbonyl (C=O) groups is 1. The average Bonchev–Trinajstić information content (AvgIpc) is 2.52. The Morgan fingerprint density at radius 2 is 1.90 bits per heavy atom. The van der Waals surface area contributed by atoms with Crippen molar-refractivity contribution in [3.05, 3.63) is 78.1 Å². The largest absolute Gasteiger partial charge is 0.466 e. The molecule has 2 aromatic carbocycles. The highest BCUT2D eigenvalue weighted by atomic mass is 19.1. The van der Waals surface area contributed by atoms with Crippen LogP contribution >= 0.6 is 0 Å². The maximum Gasteiger partial charge on any atom is 0.335 e. The summed E-state index contributed by atoms with van der Waals surface area (Å²) < 4.78 is 18.0. The number of methoxy groups -OCH3 is 1. The van der Waals surface area contributed by atoms with Crippen LogP contribution < -0.4 is 5.32 Å². The van der Waals surface area contributed by atoms with Gasteiger partial charge in [0.1, 0.15) is 5.82 Å². The van der Waals surface area contributed by atoms with E-state index in [0.717, 1.165) is 5.56 Å². The lowest BCUT2D eigenvalue weighted by atomic mass is 9.99. The lowest BCUT2D eigenvalue weighted by Gasteiger charge is -2.21. The number of rotatable bonds is 5. The van der Waals surface area contributed by atoms with Crippen molar-refractivity contribution >= 4 is 11.7 Å². The monoisotopic (exact) mass is 285 g/mol. The van der Waals surface area contributed by atoms with Crippen LogP contribution in [-0.2, 0) is 9.53 Å². The van der Waals surface area contributed by atoms with E-state index in [2.05, 4.69) is 11.9 Å². The molecule has 21 heavy (non-hydrogen) atoms. The van der Waals surface area contributed by atoms with Crippen molar-refractivity contribution in [3.63, 3.8) is 0 Å². The predicted molar refractivity (Wildman–Crippen MR) is 80.4 cm³/mol. The molecule has 0 amide bonds. The van der Waals surface area contributed by atoms with Gasteiger partial charge in [0.05, 0.1) is 18.7 Å². The zero-order chi connectivity index (χ0) is 15.2. The number of carbonyl (C=O) groups excluding carboxylic acids is 1. The molecule has 108 valence electrons. The van der Waals surface area contributed by atoms with Gasteiger partial charge in [-0.1, -0.05) is 43.0 Å². The Kier molecular flexibility index (Phi) is 4.72. The van der Waals surface area contributed by atoms with Gasteiger partial charge in [-0.15, -0.1) is 0 Å². The van der Waals surface area contributed by atoms with Gasteiger partial charge >= 0.3 is 5.97 Å². The SMILES string of the molecule is C=C(C(=O)OC)[C@H](Nc1cccc(F)c1)c1ccccc1. The Bertz CT molecular complexity index is 640. The lowest BCUT2D eigenvalue weighted by molar-refractivity contribution is -0.136. The van der Waals surface area contributed by atoms with Gasteiger partial charge in [0.15, 0.2) is 0 Å². The minimum atomic E-state index is -0.507. The van der Waals surface area contributed by atoms with Gasteiger partial charge in [0, 0.05) is 5.69 Å². The van der Waals surface area contributed by atoms with Crippen LogP contribution in [0.1, 0.15) is 11.6 Å². The summed E-state index contributed by atoms with van der Waals surface area (Å²) in [7, 11) is 1.30. The third kappa shape index (κ3) is 3.69. The molecule has 0 unspecified atom stereocenters. The Balaban J connectivity index is 2.32. The zero-order valence-electron chi connectivity index (χ0n) is 11.7. The quantitative estimate of drug-likeness (QED) is 0.672. The van der Waals surface area contributed by atoms with Crippen LogP contribution in [-0.4, -0.2) is 13.1 Å². The second-order valence-electron chi connectivity index (χ2n) is 4.52. The van der Waals surface area contributed by atoms with Gasteiger partial charge in [0.25, 0.3) is 0 Å². The summed E-state index contributed by atoms with van der Waals surface area (Å²) in [6.07, 6.45) is 0. The van der Waals surface area contributed by atoms with Crippen molar-refractivity contribution in [2.75, 3.05) is 12.4 Å². The number of benzene rings is 2. The molecule has 2 rings (SSSR count). The minimum Gasteiger partial charge on any atom is -0.466 e. The molecule has 1 atom stereocenters. The Labute approximate surface area is 123 Å². The second kappa shape index (κ2) is 6.70. The molecule has 4 heteroatoms. The van der Waals surface area contributed by atoms with Gasteiger partial charge in [-0.2, -0.15) is 0 Å². The van der Waals surface area contributed by atoms with Crippen molar-refractivity contribution in [2.24, 2.45) is 0 Å². The topological polar surface area (TPSA) is 38.3 Å². The van der Waals surface area contributed by atoms with Gasteiger partial charge in [-0.05, 0) is 23.8 Å². The third-order valence-corrected chi connectivity index (χ3v) is 3.06. The van der Waals surface area contributed by atoms with Crippen LogP contribution in [0.2, 0.25) is 0 Å². The van der Waals surface area contributed by atoms with Gasteiger partial charge in [0.2, 0.25) is 0 Å². The van der Waals surface area contributed by atoms with Gasteiger partial charge in [-0.25, -0.2) is 9.18 Å². The summed E-state index contributed by atoms with van der Waals surface area (Å²) >= 11 is 0. The highest BCUT2D eigenvalue weighted by Crippen LogP contribution is 2.26. The lowest BCUT2D eigenvalue weighted by Crippen LogP contribution is -2.19. The number of esters is 1. The van der Waals surface area contributed by atoms with E-state index in [0.29, 0.717) is 5.69 Å². The van der Waals surface area contributed by atoms with E-state index in [4.69, 9.17) is 4.74 Å². The standard InChI is InChI=1S/C17H16FNO2/c1-12(17(20)21-2)16(13-7-4-3-5-8-13)19-15-10-6-9-14(18)11-15/h3-11,16,19H,1H2,2H3/t16-/m0/s1. The molecule has 0 aromatic heterocycles. The van der Waals surface area contributed by atoms with E-state index in [1.54, 1.807) is 12.1 Å². The number of ether oxygens (including phenoxy) is 1. The van der Waals surface area contributed by atoms with E-state index in [9.17, 15) is 9.18 Å². The van der Waals surface area contributed by atoms with E-state index in [1.807, 2.05) is 30.3 Å². The molecule has 0 heterocycles.